The van der Waals surface area contributed by atoms with Gasteiger partial charge in [0.15, 0.2) is 5.65 Å². The first-order valence-electron chi connectivity index (χ1n) is 13.6. The minimum Gasteiger partial charge on any atom is -0.383 e. The molecule has 2 aromatic carbocycles. The van der Waals surface area contributed by atoms with Crippen molar-refractivity contribution >= 4 is 37.9 Å². The molecule has 0 atom stereocenters. The summed E-state index contributed by atoms with van der Waals surface area (Å²) in [6.45, 7) is 4.89. The molecule has 5 aromatic rings. The molecule has 41 heavy (non-hydrogen) atoms. The van der Waals surface area contributed by atoms with Crippen LogP contribution in [0.1, 0.15) is 18.3 Å². The highest BCUT2D eigenvalue weighted by Crippen LogP contribution is 2.31. The average Bonchev–Trinajstić information content (AvgIpc) is 3.57. The third-order valence-corrected chi connectivity index (χ3v) is 9.20. The van der Waals surface area contributed by atoms with Gasteiger partial charge in [-0.3, -0.25) is 4.90 Å². The van der Waals surface area contributed by atoms with E-state index in [4.69, 9.17) is 15.8 Å². The summed E-state index contributed by atoms with van der Waals surface area (Å²) in [5.74, 6) is 7.78. The molecule has 0 bridgehead atoms. The van der Waals surface area contributed by atoms with E-state index in [2.05, 4.69) is 43.8 Å². The minimum absolute atomic E-state index is 0.131. The molecule has 1 aliphatic rings. The summed E-state index contributed by atoms with van der Waals surface area (Å²) in [4.78, 5) is 19.0. The van der Waals surface area contributed by atoms with Gasteiger partial charge in [0.2, 0.25) is 10.0 Å². The first-order valence-corrected chi connectivity index (χ1v) is 15.2. The number of hydrogen-bond donors (Lipinski definition) is 2. The van der Waals surface area contributed by atoms with Gasteiger partial charge in [0, 0.05) is 38.2 Å². The molecule has 0 radical (unpaired) electrons. The van der Waals surface area contributed by atoms with Crippen LogP contribution in [0.15, 0.2) is 54.9 Å². The van der Waals surface area contributed by atoms with Crippen molar-refractivity contribution in [2.45, 2.75) is 19.9 Å². The monoisotopic (exact) mass is 569 g/mol. The van der Waals surface area contributed by atoms with Gasteiger partial charge < -0.3 is 10.7 Å². The fourth-order valence-electron chi connectivity index (χ4n) is 5.07. The number of benzene rings is 2. The molecule has 4 heterocycles. The molecule has 0 saturated carbocycles. The van der Waals surface area contributed by atoms with E-state index in [0.29, 0.717) is 61.8 Å². The van der Waals surface area contributed by atoms with Crippen LogP contribution in [0, 0.1) is 11.8 Å². The van der Waals surface area contributed by atoms with Gasteiger partial charge >= 0.3 is 0 Å². The van der Waals surface area contributed by atoms with Crippen molar-refractivity contribution in [2.24, 2.45) is 0 Å². The van der Waals surface area contributed by atoms with Crippen molar-refractivity contribution in [2.75, 3.05) is 44.2 Å². The van der Waals surface area contributed by atoms with Crippen LogP contribution in [0.4, 0.5) is 5.82 Å². The van der Waals surface area contributed by atoms with E-state index >= 15 is 0 Å². The summed E-state index contributed by atoms with van der Waals surface area (Å²) in [5, 5.41) is 5.53. The highest BCUT2D eigenvalue weighted by atomic mass is 32.2. The summed E-state index contributed by atoms with van der Waals surface area (Å²) in [7, 11) is -3.14. The topological polar surface area (TPSA) is 139 Å². The summed E-state index contributed by atoms with van der Waals surface area (Å²) < 4.78 is 27.5. The molecule has 0 amide bonds. The molecule has 1 aliphatic heterocycles. The number of nitrogens with two attached hydrogens (primary N) is 1. The van der Waals surface area contributed by atoms with Gasteiger partial charge in [-0.25, -0.2) is 28.1 Å². The molecular weight excluding hydrogens is 538 g/mol. The molecule has 0 spiro atoms. The Bertz CT molecular complexity index is 1860. The standard InChI is InChI=1S/C29H31N9O2S/c1-2-41(39,40)37-16-14-36(15-17-37)12-6-7-13-38-29-26(28(30)31-20-32-29)27(35-38)22-10-11-23-24(19-22)34-25(33-23)18-21-8-4-3-5-9-21/h3-5,8-11,19-20H,2,12-18H2,1H3,(H,33,34)(H2,30,31,32). The molecule has 3 N–H and O–H groups in total. The van der Waals surface area contributed by atoms with Crippen molar-refractivity contribution < 1.29 is 8.42 Å². The predicted octanol–water partition coefficient (Wildman–Crippen LogP) is 2.51. The number of H-pyrrole nitrogens is 1. The van der Waals surface area contributed by atoms with Crippen LogP contribution in [0.2, 0.25) is 0 Å². The number of aromatic nitrogens is 6. The smallest absolute Gasteiger partial charge is 0.213 e. The van der Waals surface area contributed by atoms with Gasteiger partial charge in [0.25, 0.3) is 0 Å². The normalized spacial score (nSPS) is 14.9. The van der Waals surface area contributed by atoms with Gasteiger partial charge in [-0.15, -0.1) is 0 Å². The van der Waals surface area contributed by atoms with Crippen LogP contribution in [0.5, 0.6) is 0 Å². The first-order chi connectivity index (χ1) is 19.9. The molecule has 210 valence electrons. The fourth-order valence-corrected chi connectivity index (χ4v) is 6.16. The second-order valence-electron chi connectivity index (χ2n) is 9.97. The lowest BCUT2D eigenvalue weighted by atomic mass is 10.1. The number of nitrogen functional groups attached to an aromatic ring is 1. The van der Waals surface area contributed by atoms with Crippen molar-refractivity contribution in [1.82, 2.24) is 38.9 Å². The molecule has 11 nitrogen and oxygen atoms in total. The highest BCUT2D eigenvalue weighted by molar-refractivity contribution is 7.89. The van der Waals surface area contributed by atoms with Gasteiger partial charge in [-0.2, -0.15) is 9.40 Å². The Hall–Kier alpha value is -4.31. The Balaban J connectivity index is 1.20. The van der Waals surface area contributed by atoms with E-state index < -0.39 is 10.0 Å². The molecule has 1 fully saturated rings. The van der Waals surface area contributed by atoms with Crippen molar-refractivity contribution in [1.29, 1.82) is 0 Å². The Morgan fingerprint density at radius 3 is 2.56 bits per heavy atom. The average molecular weight is 570 g/mol. The zero-order valence-corrected chi connectivity index (χ0v) is 23.6. The van der Waals surface area contributed by atoms with Crippen LogP contribution in [-0.2, 0) is 23.0 Å². The maximum Gasteiger partial charge on any atom is 0.213 e. The van der Waals surface area contributed by atoms with Crippen LogP contribution >= 0.6 is 0 Å². The number of aromatic amines is 1. The number of imidazole rings is 1. The van der Waals surface area contributed by atoms with Crippen LogP contribution in [0.25, 0.3) is 33.3 Å². The van der Waals surface area contributed by atoms with Crippen LogP contribution in [-0.4, -0.2) is 85.8 Å². The molecule has 1 saturated heterocycles. The number of piperazine rings is 1. The van der Waals surface area contributed by atoms with E-state index in [1.54, 1.807) is 15.9 Å². The predicted molar refractivity (Wildman–Crippen MR) is 159 cm³/mol. The number of nitrogens with one attached hydrogen (secondary N) is 1. The van der Waals surface area contributed by atoms with E-state index in [1.165, 1.54) is 11.9 Å². The second-order valence-corrected chi connectivity index (χ2v) is 12.2. The lowest BCUT2D eigenvalue weighted by Gasteiger charge is -2.32. The van der Waals surface area contributed by atoms with Gasteiger partial charge in [0.1, 0.15) is 30.2 Å². The molecule has 12 heteroatoms. The van der Waals surface area contributed by atoms with Gasteiger partial charge in [-0.05, 0) is 24.6 Å². The van der Waals surface area contributed by atoms with E-state index in [1.807, 2.05) is 36.4 Å². The third-order valence-electron chi connectivity index (χ3n) is 7.32. The number of nitrogens with zero attached hydrogens (tertiary/aromatic N) is 7. The number of anilines is 1. The van der Waals surface area contributed by atoms with E-state index in [0.717, 1.165) is 28.8 Å². The lowest BCUT2D eigenvalue weighted by molar-refractivity contribution is 0.207. The van der Waals surface area contributed by atoms with Crippen molar-refractivity contribution in [3.05, 3.63) is 66.2 Å². The molecule has 0 aliphatic carbocycles. The zero-order valence-electron chi connectivity index (χ0n) is 22.8. The molecule has 3 aromatic heterocycles. The zero-order chi connectivity index (χ0) is 28.4. The molecule has 6 rings (SSSR count). The van der Waals surface area contributed by atoms with Gasteiger partial charge in [-0.1, -0.05) is 48.2 Å². The Morgan fingerprint density at radius 1 is 1.00 bits per heavy atom. The minimum atomic E-state index is -3.14. The molecular formula is C29H31N9O2S. The number of sulfonamides is 1. The van der Waals surface area contributed by atoms with Gasteiger partial charge in [0.05, 0.1) is 28.7 Å². The second kappa shape index (κ2) is 11.3. The Labute approximate surface area is 238 Å². The van der Waals surface area contributed by atoms with Crippen molar-refractivity contribution in [3.8, 4) is 23.1 Å². The van der Waals surface area contributed by atoms with Crippen LogP contribution in [0.3, 0.4) is 0 Å². The molecule has 0 unspecified atom stereocenters. The lowest BCUT2D eigenvalue weighted by Crippen LogP contribution is -2.49. The number of fused-ring (bicyclic) bond motifs is 2. The SMILES string of the molecule is CCS(=O)(=O)N1CCN(CC#CCn2nc(-c3ccc4nc(Cc5ccccc5)[nH]c4c3)c3c(N)ncnc32)CC1. The summed E-state index contributed by atoms with van der Waals surface area (Å²) >= 11 is 0. The number of rotatable bonds is 7. The fraction of sp³-hybridized carbons (Fsp3) is 0.310. The highest BCUT2D eigenvalue weighted by Gasteiger charge is 2.25. The third kappa shape index (κ3) is 5.65. The largest absolute Gasteiger partial charge is 0.383 e. The maximum absolute atomic E-state index is 12.1. The first kappa shape index (κ1) is 26.9. The van der Waals surface area contributed by atoms with E-state index in [9.17, 15) is 8.42 Å². The Morgan fingerprint density at radius 2 is 1.78 bits per heavy atom. The number of hydrogen-bond acceptors (Lipinski definition) is 8. The van der Waals surface area contributed by atoms with Crippen LogP contribution < -0.4 is 5.73 Å². The summed E-state index contributed by atoms with van der Waals surface area (Å²) in [6.07, 6.45) is 2.15. The summed E-state index contributed by atoms with van der Waals surface area (Å²) in [5.41, 5.74) is 11.5. The van der Waals surface area contributed by atoms with Crippen molar-refractivity contribution in [3.63, 3.8) is 0 Å². The Kier molecular flexibility index (Phi) is 7.40. The van der Waals surface area contributed by atoms with E-state index in [-0.39, 0.29) is 5.75 Å². The quantitative estimate of drug-likeness (QED) is 0.285. The maximum atomic E-state index is 12.1. The summed E-state index contributed by atoms with van der Waals surface area (Å²) in [6, 6.07) is 16.2.